The van der Waals surface area contributed by atoms with Crippen LogP contribution in [0.5, 0.6) is 0 Å². The van der Waals surface area contributed by atoms with Gasteiger partial charge in [-0.05, 0) is 62.5 Å². The maximum Gasteiger partial charge on any atom is 0.245 e. The number of thiophene rings is 1. The molecule has 0 unspecified atom stereocenters. The van der Waals surface area contributed by atoms with E-state index in [0.717, 1.165) is 35.6 Å². The Labute approximate surface area is 249 Å². The van der Waals surface area contributed by atoms with E-state index in [-0.39, 0.29) is 17.7 Å². The predicted molar refractivity (Wildman–Crippen MR) is 164 cm³/mol. The Morgan fingerprint density at radius 1 is 1.14 bits per heavy atom. The van der Waals surface area contributed by atoms with Gasteiger partial charge >= 0.3 is 0 Å². The number of aliphatic hydroxyl groups is 1. The zero-order valence-electron chi connectivity index (χ0n) is 24.3. The van der Waals surface area contributed by atoms with E-state index in [9.17, 15) is 14.7 Å². The number of hydrogen-bond acceptors (Lipinski definition) is 9. The largest absolute Gasteiger partial charge is 0.389 e. The summed E-state index contributed by atoms with van der Waals surface area (Å²) in [6, 6.07) is 9.59. The molecule has 2 aliphatic rings. The average molecular weight is 588 g/mol. The van der Waals surface area contributed by atoms with E-state index in [1.807, 2.05) is 46.8 Å². The fraction of sp³-hybridized carbons (Fsp3) is 0.452. The second-order valence-corrected chi connectivity index (χ2v) is 12.1. The number of pyridine rings is 1. The highest BCUT2D eigenvalue weighted by atomic mass is 32.1. The van der Waals surface area contributed by atoms with Crippen LogP contribution in [0.25, 0.3) is 27.5 Å². The topological polar surface area (TPSA) is 107 Å². The molecule has 4 aromatic heterocycles. The van der Waals surface area contributed by atoms with E-state index in [1.54, 1.807) is 26.9 Å². The average Bonchev–Trinajstić information content (AvgIpc) is 3.64. The molecule has 2 fully saturated rings. The van der Waals surface area contributed by atoms with Crippen LogP contribution < -0.4 is 4.90 Å². The van der Waals surface area contributed by atoms with E-state index in [1.165, 1.54) is 0 Å². The number of carbonyl (C=O) groups is 2. The number of aromatic nitrogens is 4. The number of hydrogen-bond donors (Lipinski definition) is 1. The highest BCUT2D eigenvalue weighted by Gasteiger charge is 2.41. The summed E-state index contributed by atoms with van der Waals surface area (Å²) in [5.74, 6) is 0.655. The molecular formula is C31H37N7O3S. The number of fused-ring (bicyclic) bond motifs is 1. The number of β-amino-alcohol motifs (C(OH)–C–C–N with tert-alkyl or cyclic N) is 1. The molecule has 0 aliphatic carbocycles. The van der Waals surface area contributed by atoms with Gasteiger partial charge in [-0.15, -0.1) is 11.3 Å². The molecular weight excluding hydrogens is 550 g/mol. The van der Waals surface area contributed by atoms with Crippen molar-refractivity contribution in [2.75, 3.05) is 37.6 Å². The normalized spacial score (nSPS) is 17.9. The van der Waals surface area contributed by atoms with Crippen molar-refractivity contribution in [2.45, 2.75) is 58.2 Å². The molecule has 1 amide bonds. The van der Waals surface area contributed by atoms with Gasteiger partial charge in [0.15, 0.2) is 11.4 Å². The van der Waals surface area contributed by atoms with Crippen LogP contribution in [0.15, 0.2) is 48.1 Å². The number of rotatable bonds is 11. The molecule has 220 valence electrons. The van der Waals surface area contributed by atoms with Gasteiger partial charge in [-0.3, -0.25) is 9.59 Å². The summed E-state index contributed by atoms with van der Waals surface area (Å²) in [7, 11) is 0. The predicted octanol–water partition coefficient (Wildman–Crippen LogP) is 3.99. The molecule has 4 aromatic rings. The summed E-state index contributed by atoms with van der Waals surface area (Å²) in [5.41, 5.74) is 3.42. The van der Waals surface area contributed by atoms with Gasteiger partial charge in [0.05, 0.1) is 34.1 Å². The van der Waals surface area contributed by atoms with Crippen LogP contribution in [0.3, 0.4) is 0 Å². The van der Waals surface area contributed by atoms with Crippen molar-refractivity contribution in [3.05, 3.63) is 53.7 Å². The molecule has 0 aromatic carbocycles. The van der Waals surface area contributed by atoms with E-state index in [0.29, 0.717) is 61.2 Å². The smallest absolute Gasteiger partial charge is 0.245 e. The van der Waals surface area contributed by atoms with Gasteiger partial charge in [-0.1, -0.05) is 19.9 Å². The third kappa shape index (κ3) is 5.44. The summed E-state index contributed by atoms with van der Waals surface area (Å²) in [5, 5.41) is 16.3. The Hall–Kier alpha value is -3.67. The maximum absolute atomic E-state index is 13.6. The van der Waals surface area contributed by atoms with Crippen LogP contribution in [0, 0.1) is 0 Å². The van der Waals surface area contributed by atoms with Crippen LogP contribution in [-0.2, 0) is 4.79 Å². The van der Waals surface area contributed by atoms with Gasteiger partial charge in [0, 0.05) is 43.9 Å². The lowest BCUT2D eigenvalue weighted by Crippen LogP contribution is -2.63. The molecule has 42 heavy (non-hydrogen) atoms. The molecule has 1 N–H and O–H groups in total. The Morgan fingerprint density at radius 3 is 2.62 bits per heavy atom. The monoisotopic (exact) mass is 587 g/mol. The third-order valence-corrected chi connectivity index (χ3v) is 9.44. The zero-order chi connectivity index (χ0) is 29.4. The van der Waals surface area contributed by atoms with E-state index in [4.69, 9.17) is 9.97 Å². The molecule has 2 atom stereocenters. The van der Waals surface area contributed by atoms with Crippen molar-refractivity contribution >= 4 is 34.5 Å². The summed E-state index contributed by atoms with van der Waals surface area (Å²) in [6.07, 6.45) is 5.07. The molecule has 0 radical (unpaired) electrons. The van der Waals surface area contributed by atoms with Crippen molar-refractivity contribution in [3.8, 4) is 21.8 Å². The van der Waals surface area contributed by atoms with Crippen LogP contribution in [0.1, 0.15) is 50.4 Å². The number of aliphatic hydroxyl groups excluding tert-OH is 1. The number of ketones is 1. The molecule has 2 aliphatic heterocycles. The van der Waals surface area contributed by atoms with Crippen LogP contribution in [0.4, 0.5) is 5.82 Å². The number of Topliss-reactive ketones (excluding diaryl/α,β-unsaturated/α-hetero) is 1. The first-order chi connectivity index (χ1) is 20.4. The molecule has 0 spiro atoms. The molecule has 2 saturated heterocycles. The molecule has 10 nitrogen and oxygen atoms in total. The molecule has 0 saturated carbocycles. The Balaban J connectivity index is 1.35. The number of amides is 1. The minimum atomic E-state index is -0.450. The third-order valence-electron chi connectivity index (χ3n) is 8.55. The van der Waals surface area contributed by atoms with Gasteiger partial charge in [-0.2, -0.15) is 5.10 Å². The van der Waals surface area contributed by atoms with Crippen molar-refractivity contribution in [1.29, 1.82) is 0 Å². The first-order valence-electron chi connectivity index (χ1n) is 14.8. The highest BCUT2D eigenvalue weighted by molar-refractivity contribution is 7.13. The lowest BCUT2D eigenvalue weighted by Gasteiger charge is -2.46. The first-order valence-corrected chi connectivity index (χ1v) is 15.7. The standard InChI is InChI=1S/C31H37N7O3S/c1-4-35(5-2)20(3)8-9-27(40)21-15-25(23-17-32-38-13-10-24(34-30(23)38)28-7-6-14-42-28)33-29(16-21)37-12-11-26(37)31(41)36-18-22(39)19-36/h6-7,10,13-17,20,22,26,39H,4-5,8-9,11-12,18-19H2,1-3H3/t20-,26-/m0/s1. The Bertz CT molecular complexity index is 1580. The van der Waals surface area contributed by atoms with Crippen LogP contribution in [-0.4, -0.2) is 97.1 Å². The van der Waals surface area contributed by atoms with E-state index in [2.05, 4.69) is 30.8 Å². The molecule has 6 rings (SSSR count). The summed E-state index contributed by atoms with van der Waals surface area (Å²) in [4.78, 5) is 43.7. The van der Waals surface area contributed by atoms with Crippen LogP contribution in [0.2, 0.25) is 0 Å². The minimum Gasteiger partial charge on any atom is -0.389 e. The van der Waals surface area contributed by atoms with Gasteiger partial charge in [0.25, 0.3) is 0 Å². The maximum atomic E-state index is 13.6. The van der Waals surface area contributed by atoms with Crippen molar-refractivity contribution in [2.24, 2.45) is 0 Å². The molecule has 11 heteroatoms. The van der Waals surface area contributed by atoms with Gasteiger partial charge < -0.3 is 19.8 Å². The zero-order valence-corrected chi connectivity index (χ0v) is 25.1. The number of nitrogens with zero attached hydrogens (tertiary/aromatic N) is 7. The van der Waals surface area contributed by atoms with Crippen LogP contribution >= 0.6 is 11.3 Å². The fourth-order valence-corrected chi connectivity index (χ4v) is 6.55. The second kappa shape index (κ2) is 11.9. The first kappa shape index (κ1) is 28.4. The highest BCUT2D eigenvalue weighted by Crippen LogP contribution is 2.33. The molecule has 6 heterocycles. The van der Waals surface area contributed by atoms with Crippen molar-refractivity contribution in [1.82, 2.24) is 29.4 Å². The summed E-state index contributed by atoms with van der Waals surface area (Å²) >= 11 is 1.62. The Morgan fingerprint density at radius 2 is 1.95 bits per heavy atom. The van der Waals surface area contributed by atoms with Crippen molar-refractivity contribution in [3.63, 3.8) is 0 Å². The SMILES string of the molecule is CCN(CC)[C@@H](C)CCC(=O)c1cc(-c2cnn3ccc(-c4cccs4)nc23)nc(N2CC[C@H]2C(=O)N2CC(O)C2)c1. The summed E-state index contributed by atoms with van der Waals surface area (Å²) in [6.45, 7) is 9.75. The minimum absolute atomic E-state index is 0.00193. The molecule has 0 bridgehead atoms. The van der Waals surface area contributed by atoms with Crippen molar-refractivity contribution < 1.29 is 14.7 Å². The van der Waals surface area contributed by atoms with E-state index >= 15 is 0 Å². The van der Waals surface area contributed by atoms with Gasteiger partial charge in [0.2, 0.25) is 5.91 Å². The fourth-order valence-electron chi connectivity index (χ4n) is 5.85. The lowest BCUT2D eigenvalue weighted by atomic mass is 9.97. The van der Waals surface area contributed by atoms with E-state index < -0.39 is 6.10 Å². The number of carbonyl (C=O) groups excluding carboxylic acids is 2. The summed E-state index contributed by atoms with van der Waals surface area (Å²) < 4.78 is 1.72. The Kier molecular flexibility index (Phi) is 8.06. The van der Waals surface area contributed by atoms with Gasteiger partial charge in [-0.25, -0.2) is 14.5 Å². The number of likely N-dealkylation sites (tertiary alicyclic amines) is 1. The number of anilines is 1. The van der Waals surface area contributed by atoms with Gasteiger partial charge in [0.1, 0.15) is 11.9 Å². The quantitative estimate of drug-likeness (QED) is 0.263. The lowest BCUT2D eigenvalue weighted by molar-refractivity contribution is -0.144. The second-order valence-electron chi connectivity index (χ2n) is 11.1.